The number of benzene rings is 2. The second kappa shape index (κ2) is 7.62. The van der Waals surface area contributed by atoms with Gasteiger partial charge in [0.05, 0.1) is 13.2 Å². The number of hydrogen-bond acceptors (Lipinski definition) is 3. The number of carbonyl (C=O) groups excluding carboxylic acids is 1. The predicted molar refractivity (Wildman–Crippen MR) is 97.7 cm³/mol. The van der Waals surface area contributed by atoms with Crippen LogP contribution in [0.4, 0.5) is 0 Å². The third kappa shape index (κ3) is 4.04. The summed E-state index contributed by atoms with van der Waals surface area (Å²) in [6.07, 6.45) is 3.50. The molecule has 4 nitrogen and oxygen atoms in total. The van der Waals surface area contributed by atoms with Crippen molar-refractivity contribution in [2.24, 2.45) is 0 Å². The Morgan fingerprint density at radius 1 is 1.00 bits per heavy atom. The van der Waals surface area contributed by atoms with Crippen molar-refractivity contribution in [1.82, 2.24) is 10.3 Å². The Balaban J connectivity index is 1.89. The van der Waals surface area contributed by atoms with Crippen molar-refractivity contribution in [3.05, 3.63) is 95.3 Å². The first kappa shape index (κ1) is 16.7. The molecule has 0 saturated carbocycles. The largest absolute Gasteiger partial charge is 0.497 e. The summed E-state index contributed by atoms with van der Waals surface area (Å²) in [7, 11) is 1.60. The molecular weight excluding hydrogens is 312 g/mol. The highest BCUT2D eigenvalue weighted by atomic mass is 16.5. The highest BCUT2D eigenvalue weighted by Gasteiger charge is 2.18. The summed E-state index contributed by atoms with van der Waals surface area (Å²) in [6.45, 7) is 2.04. The van der Waals surface area contributed by atoms with Crippen molar-refractivity contribution >= 4 is 5.91 Å². The molecule has 4 heteroatoms. The molecule has 25 heavy (non-hydrogen) atoms. The second-order valence-electron chi connectivity index (χ2n) is 5.83. The average molecular weight is 332 g/mol. The Bertz CT molecular complexity index is 828. The number of aromatic nitrogens is 1. The van der Waals surface area contributed by atoms with E-state index in [-0.39, 0.29) is 11.9 Å². The number of carbonyl (C=O) groups is 1. The van der Waals surface area contributed by atoms with Crippen molar-refractivity contribution < 1.29 is 9.53 Å². The van der Waals surface area contributed by atoms with Crippen LogP contribution in [0.1, 0.15) is 33.1 Å². The van der Waals surface area contributed by atoms with Crippen molar-refractivity contribution in [1.29, 1.82) is 0 Å². The van der Waals surface area contributed by atoms with Crippen molar-refractivity contribution in [2.45, 2.75) is 13.0 Å². The Morgan fingerprint density at radius 3 is 2.32 bits per heavy atom. The first-order valence-electron chi connectivity index (χ1n) is 8.09. The SMILES string of the molecule is COc1ccc(C(=O)N[C@@H](c2ccc(C)cc2)c2cccnc2)cc1. The van der Waals surface area contributed by atoms with Crippen molar-refractivity contribution in [3.8, 4) is 5.75 Å². The molecule has 0 aliphatic heterocycles. The molecule has 0 aliphatic rings. The minimum Gasteiger partial charge on any atom is -0.497 e. The molecule has 3 rings (SSSR count). The zero-order valence-electron chi connectivity index (χ0n) is 14.3. The average Bonchev–Trinajstić information content (AvgIpc) is 2.67. The van der Waals surface area contributed by atoms with Gasteiger partial charge in [-0.2, -0.15) is 0 Å². The van der Waals surface area contributed by atoms with Gasteiger partial charge in [-0.05, 0) is 48.4 Å². The fourth-order valence-corrected chi connectivity index (χ4v) is 2.62. The van der Waals surface area contributed by atoms with Crippen molar-refractivity contribution in [2.75, 3.05) is 7.11 Å². The van der Waals surface area contributed by atoms with E-state index in [1.54, 1.807) is 43.8 Å². The van der Waals surface area contributed by atoms with Crippen LogP contribution in [0, 0.1) is 6.92 Å². The van der Waals surface area contributed by atoms with E-state index in [1.807, 2.05) is 43.3 Å². The number of nitrogens with one attached hydrogen (secondary N) is 1. The first-order chi connectivity index (χ1) is 12.2. The van der Waals surface area contributed by atoms with Gasteiger partial charge in [0.2, 0.25) is 0 Å². The molecule has 0 fully saturated rings. The third-order valence-corrected chi connectivity index (χ3v) is 4.06. The molecule has 0 aliphatic carbocycles. The highest BCUT2D eigenvalue weighted by molar-refractivity contribution is 5.94. The van der Waals surface area contributed by atoms with Gasteiger partial charge in [-0.15, -0.1) is 0 Å². The number of ether oxygens (including phenoxy) is 1. The van der Waals surface area contributed by atoms with E-state index in [2.05, 4.69) is 10.3 Å². The lowest BCUT2D eigenvalue weighted by Crippen LogP contribution is -2.29. The number of hydrogen-bond donors (Lipinski definition) is 1. The van der Waals surface area contributed by atoms with Crippen LogP contribution in [-0.4, -0.2) is 18.0 Å². The summed E-state index contributed by atoms with van der Waals surface area (Å²) in [6, 6.07) is 18.8. The van der Waals surface area contributed by atoms with Gasteiger partial charge in [0.15, 0.2) is 0 Å². The van der Waals surface area contributed by atoms with Gasteiger partial charge in [-0.1, -0.05) is 35.9 Å². The summed E-state index contributed by atoms with van der Waals surface area (Å²) in [5.41, 5.74) is 3.71. The van der Waals surface area contributed by atoms with Crippen LogP contribution in [0.5, 0.6) is 5.75 Å². The van der Waals surface area contributed by atoms with Crippen LogP contribution >= 0.6 is 0 Å². The Hall–Kier alpha value is -3.14. The van der Waals surface area contributed by atoms with E-state index in [0.29, 0.717) is 5.56 Å². The van der Waals surface area contributed by atoms with Crippen molar-refractivity contribution in [3.63, 3.8) is 0 Å². The van der Waals surface area contributed by atoms with E-state index >= 15 is 0 Å². The van der Waals surface area contributed by atoms with Crippen LogP contribution in [-0.2, 0) is 0 Å². The maximum Gasteiger partial charge on any atom is 0.252 e. The monoisotopic (exact) mass is 332 g/mol. The van der Waals surface area contributed by atoms with Gasteiger partial charge in [0.1, 0.15) is 5.75 Å². The predicted octanol–water partition coefficient (Wildman–Crippen LogP) is 3.92. The molecule has 1 atom stereocenters. The maximum atomic E-state index is 12.7. The summed E-state index contributed by atoms with van der Waals surface area (Å²) in [5, 5.41) is 3.10. The standard InChI is InChI=1S/C21H20N2O2/c1-15-5-7-16(8-6-15)20(18-4-3-13-22-14-18)23-21(24)17-9-11-19(25-2)12-10-17/h3-14,20H,1-2H3,(H,23,24)/t20-/m0/s1. The van der Waals surface area contributed by atoms with E-state index in [0.717, 1.165) is 16.9 Å². The fraction of sp³-hybridized carbons (Fsp3) is 0.143. The molecule has 126 valence electrons. The lowest BCUT2D eigenvalue weighted by Gasteiger charge is -2.20. The summed E-state index contributed by atoms with van der Waals surface area (Å²) in [5.74, 6) is 0.580. The Labute approximate surface area is 147 Å². The normalized spacial score (nSPS) is 11.6. The number of methoxy groups -OCH3 is 1. The highest BCUT2D eigenvalue weighted by Crippen LogP contribution is 2.23. The van der Waals surface area contributed by atoms with E-state index < -0.39 is 0 Å². The molecular formula is C21H20N2O2. The number of aryl methyl sites for hydroxylation is 1. The van der Waals surface area contributed by atoms with Crippen LogP contribution in [0.25, 0.3) is 0 Å². The zero-order valence-corrected chi connectivity index (χ0v) is 14.3. The molecule has 3 aromatic rings. The number of nitrogens with zero attached hydrogens (tertiary/aromatic N) is 1. The number of pyridine rings is 1. The number of rotatable bonds is 5. The smallest absolute Gasteiger partial charge is 0.252 e. The van der Waals surface area contributed by atoms with E-state index in [9.17, 15) is 4.79 Å². The van der Waals surface area contributed by atoms with Gasteiger partial charge in [0.25, 0.3) is 5.91 Å². The minimum absolute atomic E-state index is 0.142. The Kier molecular flexibility index (Phi) is 5.09. The van der Waals surface area contributed by atoms with Crippen LogP contribution in [0.2, 0.25) is 0 Å². The van der Waals surface area contributed by atoms with E-state index in [1.165, 1.54) is 5.56 Å². The van der Waals surface area contributed by atoms with Gasteiger partial charge in [-0.3, -0.25) is 9.78 Å². The topological polar surface area (TPSA) is 51.2 Å². The van der Waals surface area contributed by atoms with E-state index in [4.69, 9.17) is 4.74 Å². The third-order valence-electron chi connectivity index (χ3n) is 4.06. The molecule has 0 bridgehead atoms. The van der Waals surface area contributed by atoms with Gasteiger partial charge >= 0.3 is 0 Å². The molecule has 0 radical (unpaired) electrons. The van der Waals surface area contributed by atoms with Crippen LogP contribution in [0.15, 0.2) is 73.1 Å². The molecule has 1 aromatic heterocycles. The second-order valence-corrected chi connectivity index (χ2v) is 5.83. The zero-order chi connectivity index (χ0) is 17.6. The molecule has 0 saturated heterocycles. The molecule has 1 heterocycles. The lowest BCUT2D eigenvalue weighted by molar-refractivity contribution is 0.0943. The van der Waals surface area contributed by atoms with Crippen LogP contribution < -0.4 is 10.1 Å². The quantitative estimate of drug-likeness (QED) is 0.770. The molecule has 1 N–H and O–H groups in total. The van der Waals surface area contributed by atoms with Gasteiger partial charge in [-0.25, -0.2) is 0 Å². The minimum atomic E-state index is -0.260. The number of amides is 1. The molecule has 0 spiro atoms. The maximum absolute atomic E-state index is 12.7. The van der Waals surface area contributed by atoms with Gasteiger partial charge < -0.3 is 10.1 Å². The Morgan fingerprint density at radius 2 is 1.72 bits per heavy atom. The van der Waals surface area contributed by atoms with Crippen LogP contribution in [0.3, 0.4) is 0 Å². The summed E-state index contributed by atoms with van der Waals surface area (Å²) >= 11 is 0. The fourth-order valence-electron chi connectivity index (χ4n) is 2.62. The molecule has 1 amide bonds. The molecule has 2 aromatic carbocycles. The lowest BCUT2D eigenvalue weighted by atomic mass is 9.98. The first-order valence-corrected chi connectivity index (χ1v) is 8.09. The summed E-state index contributed by atoms with van der Waals surface area (Å²) in [4.78, 5) is 16.9. The summed E-state index contributed by atoms with van der Waals surface area (Å²) < 4.78 is 5.14. The molecule has 0 unspecified atom stereocenters. The van der Waals surface area contributed by atoms with Gasteiger partial charge in [0, 0.05) is 18.0 Å².